The van der Waals surface area contributed by atoms with Crippen molar-refractivity contribution in [3.8, 4) is 5.75 Å². The number of amides is 1. The van der Waals surface area contributed by atoms with Gasteiger partial charge in [0.25, 0.3) is 0 Å². The largest absolute Gasteiger partial charge is 0.497 e. The van der Waals surface area contributed by atoms with E-state index in [1.165, 1.54) is 11.1 Å². The molecule has 3 atom stereocenters. The van der Waals surface area contributed by atoms with Crippen LogP contribution in [0.1, 0.15) is 41.5 Å². The summed E-state index contributed by atoms with van der Waals surface area (Å²) in [7, 11) is 3.60. The summed E-state index contributed by atoms with van der Waals surface area (Å²) >= 11 is 0. The molecule has 0 spiro atoms. The van der Waals surface area contributed by atoms with Crippen LogP contribution in [-0.2, 0) is 18.3 Å². The van der Waals surface area contributed by atoms with E-state index in [-0.39, 0.29) is 36.2 Å². The van der Waals surface area contributed by atoms with Gasteiger partial charge in [0.2, 0.25) is 5.91 Å². The number of aromatic nitrogens is 2. The Hall–Kier alpha value is -2.05. The number of hydrogen-bond acceptors (Lipinski definition) is 4. The fourth-order valence-corrected chi connectivity index (χ4v) is 4.28. The average Bonchev–Trinajstić information content (AvgIpc) is 3.30. The van der Waals surface area contributed by atoms with Crippen molar-refractivity contribution in [1.82, 2.24) is 20.4 Å². The average molecular weight is 391 g/mol. The lowest BCUT2D eigenvalue weighted by atomic mass is 9.86. The van der Waals surface area contributed by atoms with Gasteiger partial charge in [-0.3, -0.25) is 9.48 Å². The molecule has 2 aliphatic rings. The van der Waals surface area contributed by atoms with Crippen LogP contribution in [0.5, 0.6) is 5.75 Å². The Labute approximate surface area is 166 Å². The number of halogens is 1. The van der Waals surface area contributed by atoms with Crippen molar-refractivity contribution in [2.24, 2.45) is 13.0 Å². The first-order valence-electron chi connectivity index (χ1n) is 9.32. The van der Waals surface area contributed by atoms with Gasteiger partial charge in [-0.25, -0.2) is 0 Å². The summed E-state index contributed by atoms with van der Waals surface area (Å²) in [4.78, 5) is 13.0. The number of hydrogen-bond donors (Lipinski definition) is 2. The van der Waals surface area contributed by atoms with Crippen molar-refractivity contribution < 1.29 is 9.53 Å². The van der Waals surface area contributed by atoms with E-state index in [1.54, 1.807) is 11.8 Å². The van der Waals surface area contributed by atoms with Crippen molar-refractivity contribution in [2.75, 3.05) is 20.2 Å². The summed E-state index contributed by atoms with van der Waals surface area (Å²) < 4.78 is 7.14. The zero-order chi connectivity index (χ0) is 18.1. The molecule has 2 aromatic rings. The lowest BCUT2D eigenvalue weighted by Gasteiger charge is -2.28. The quantitative estimate of drug-likeness (QED) is 0.840. The maximum atomic E-state index is 13.0. The number of nitrogens with one attached hydrogen (secondary N) is 2. The van der Waals surface area contributed by atoms with E-state index in [2.05, 4.69) is 27.9 Å². The van der Waals surface area contributed by atoms with E-state index < -0.39 is 0 Å². The molecule has 0 saturated carbocycles. The Balaban J connectivity index is 0.00000210. The topological polar surface area (TPSA) is 68.2 Å². The first-order valence-corrected chi connectivity index (χ1v) is 9.32. The maximum Gasteiger partial charge on any atom is 0.225 e. The zero-order valence-corrected chi connectivity index (χ0v) is 16.6. The van der Waals surface area contributed by atoms with Crippen LogP contribution in [0.3, 0.4) is 0 Å². The summed E-state index contributed by atoms with van der Waals surface area (Å²) in [6, 6.07) is 6.28. The highest BCUT2D eigenvalue weighted by Crippen LogP contribution is 2.34. The minimum Gasteiger partial charge on any atom is -0.497 e. The van der Waals surface area contributed by atoms with Crippen molar-refractivity contribution in [3.05, 3.63) is 47.3 Å². The highest BCUT2D eigenvalue weighted by atomic mass is 35.5. The number of rotatable bonds is 4. The number of ether oxygens (including phenoxy) is 1. The number of carbonyl (C=O) groups is 1. The Kier molecular flexibility index (Phi) is 6.07. The summed E-state index contributed by atoms with van der Waals surface area (Å²) in [5.74, 6) is 1.15. The number of benzene rings is 1. The minimum absolute atomic E-state index is 0. The molecule has 146 valence electrons. The van der Waals surface area contributed by atoms with Crippen LogP contribution in [0.15, 0.2) is 30.6 Å². The molecule has 0 bridgehead atoms. The number of nitrogens with zero attached hydrogens (tertiary/aromatic N) is 2. The van der Waals surface area contributed by atoms with Crippen LogP contribution >= 0.6 is 12.4 Å². The summed E-state index contributed by atoms with van der Waals surface area (Å²) in [5.41, 5.74) is 3.65. The monoisotopic (exact) mass is 390 g/mol. The molecule has 1 unspecified atom stereocenters. The molecular weight excluding hydrogens is 364 g/mol. The third kappa shape index (κ3) is 3.96. The number of aryl methyl sites for hydroxylation is 2. The van der Waals surface area contributed by atoms with Crippen LogP contribution in [0.2, 0.25) is 0 Å². The van der Waals surface area contributed by atoms with E-state index in [0.717, 1.165) is 37.1 Å². The molecule has 1 aromatic heterocycles. The van der Waals surface area contributed by atoms with Gasteiger partial charge in [-0.05, 0) is 48.1 Å². The normalized spacial score (nSPS) is 24.0. The molecule has 27 heavy (non-hydrogen) atoms. The molecule has 1 amide bonds. The fourth-order valence-electron chi connectivity index (χ4n) is 4.28. The second kappa shape index (κ2) is 8.31. The van der Waals surface area contributed by atoms with Gasteiger partial charge in [0.1, 0.15) is 5.75 Å². The lowest BCUT2D eigenvalue weighted by Crippen LogP contribution is -2.38. The molecule has 2 heterocycles. The molecule has 1 saturated heterocycles. The highest BCUT2D eigenvalue weighted by Gasteiger charge is 2.36. The van der Waals surface area contributed by atoms with E-state index in [4.69, 9.17) is 4.74 Å². The standard InChI is InChI=1S/C20H26N4O2.ClH/c1-24-12-14(9-22-24)17-10-21-11-18(17)20(25)23-19-5-3-4-13-8-15(26-2)6-7-16(13)19;/h6-9,12,17-19,21H,3-5,10-11H2,1-2H3,(H,23,25);1H/t17-,18+,19?;/m1./s1. The molecule has 2 N–H and O–H groups in total. The summed E-state index contributed by atoms with van der Waals surface area (Å²) in [6.45, 7) is 1.54. The van der Waals surface area contributed by atoms with Gasteiger partial charge in [-0.2, -0.15) is 5.10 Å². The third-order valence-corrected chi connectivity index (χ3v) is 5.68. The van der Waals surface area contributed by atoms with E-state index in [9.17, 15) is 4.79 Å². The van der Waals surface area contributed by atoms with Crippen LogP contribution in [0.4, 0.5) is 0 Å². The van der Waals surface area contributed by atoms with E-state index in [0.29, 0.717) is 6.54 Å². The number of fused-ring (bicyclic) bond motifs is 1. The van der Waals surface area contributed by atoms with Gasteiger partial charge in [-0.1, -0.05) is 6.07 Å². The van der Waals surface area contributed by atoms with Gasteiger partial charge in [0, 0.05) is 32.3 Å². The smallest absolute Gasteiger partial charge is 0.225 e. The Morgan fingerprint density at radius 3 is 2.96 bits per heavy atom. The van der Waals surface area contributed by atoms with Crippen molar-refractivity contribution in [3.63, 3.8) is 0 Å². The first kappa shape index (κ1) is 19.7. The van der Waals surface area contributed by atoms with Crippen molar-refractivity contribution in [2.45, 2.75) is 31.2 Å². The molecule has 1 aliphatic heterocycles. The van der Waals surface area contributed by atoms with Crippen LogP contribution in [0, 0.1) is 5.92 Å². The Bertz CT molecular complexity index is 807. The van der Waals surface area contributed by atoms with Crippen LogP contribution < -0.4 is 15.4 Å². The SMILES string of the molecule is COc1ccc2c(c1)CCCC2NC(=O)[C@H]1CNC[C@@H]1c1cnn(C)c1.Cl. The highest BCUT2D eigenvalue weighted by molar-refractivity contribution is 5.85. The second-order valence-electron chi connectivity index (χ2n) is 7.34. The Morgan fingerprint density at radius 1 is 1.37 bits per heavy atom. The summed E-state index contributed by atoms with van der Waals surface area (Å²) in [6.07, 6.45) is 7.01. The summed E-state index contributed by atoms with van der Waals surface area (Å²) in [5, 5.41) is 10.9. The van der Waals surface area contributed by atoms with Gasteiger partial charge >= 0.3 is 0 Å². The molecule has 6 nitrogen and oxygen atoms in total. The molecule has 7 heteroatoms. The van der Waals surface area contributed by atoms with Gasteiger partial charge in [0.15, 0.2) is 0 Å². The molecule has 1 fully saturated rings. The predicted octanol–water partition coefficient (Wildman–Crippen LogP) is 2.35. The Morgan fingerprint density at radius 2 is 2.22 bits per heavy atom. The molecule has 1 aliphatic carbocycles. The molecule has 4 rings (SSSR count). The van der Waals surface area contributed by atoms with Crippen LogP contribution in [0.25, 0.3) is 0 Å². The van der Waals surface area contributed by atoms with Crippen LogP contribution in [-0.4, -0.2) is 35.9 Å². The zero-order valence-electron chi connectivity index (χ0n) is 15.8. The third-order valence-electron chi connectivity index (χ3n) is 5.68. The van der Waals surface area contributed by atoms with E-state index >= 15 is 0 Å². The minimum atomic E-state index is -0.0529. The molecular formula is C20H27ClN4O2. The first-order chi connectivity index (χ1) is 12.7. The van der Waals surface area contributed by atoms with Gasteiger partial charge in [-0.15, -0.1) is 12.4 Å². The maximum absolute atomic E-state index is 13.0. The van der Waals surface area contributed by atoms with Crippen molar-refractivity contribution in [1.29, 1.82) is 0 Å². The van der Waals surface area contributed by atoms with Gasteiger partial charge < -0.3 is 15.4 Å². The predicted molar refractivity (Wildman–Crippen MR) is 106 cm³/mol. The van der Waals surface area contributed by atoms with Gasteiger partial charge in [0.05, 0.1) is 25.3 Å². The molecule has 0 radical (unpaired) electrons. The number of methoxy groups -OCH3 is 1. The fraction of sp³-hybridized carbons (Fsp3) is 0.500. The second-order valence-corrected chi connectivity index (χ2v) is 7.34. The molecule has 1 aromatic carbocycles. The van der Waals surface area contributed by atoms with E-state index in [1.807, 2.05) is 25.5 Å². The number of carbonyl (C=O) groups excluding carboxylic acids is 1. The van der Waals surface area contributed by atoms with Crippen molar-refractivity contribution >= 4 is 18.3 Å². The lowest BCUT2D eigenvalue weighted by molar-refractivity contribution is -0.125.